The fourth-order valence-electron chi connectivity index (χ4n) is 7.41. The Morgan fingerprint density at radius 3 is 1.48 bits per heavy atom. The van der Waals surface area contributed by atoms with Gasteiger partial charge in [0.05, 0.1) is 61.0 Å². The number of Topliss-reactive ketones (excluding diaryl/α,β-unsaturated/α-hetero) is 1. The molecule has 0 bridgehead atoms. The summed E-state index contributed by atoms with van der Waals surface area (Å²) < 4.78 is 11.4. The Balaban J connectivity index is 0.000000245. The number of benzene rings is 4. The van der Waals surface area contributed by atoms with Gasteiger partial charge in [0.1, 0.15) is 18.1 Å². The number of carbonyl (C=O) groups excluding carboxylic acids is 3. The molecule has 2 atom stereocenters. The van der Waals surface area contributed by atoms with E-state index < -0.39 is 32.3 Å². The maximum atomic E-state index is 13.3. The number of aliphatic hydroxyl groups is 3. The number of carboxylic acid groups (broad SMARTS) is 1. The molecule has 6 N–H and O–H groups in total. The van der Waals surface area contributed by atoms with Crippen LogP contribution < -0.4 is 19.3 Å². The van der Waals surface area contributed by atoms with Crippen molar-refractivity contribution < 1.29 is 54.6 Å². The van der Waals surface area contributed by atoms with Crippen molar-refractivity contribution in [2.45, 2.75) is 78.6 Å². The summed E-state index contributed by atoms with van der Waals surface area (Å²) >= 11 is 9.56. The van der Waals surface area contributed by atoms with Crippen LogP contribution in [0.15, 0.2) is 82.8 Å². The number of hydrogen-bond acceptors (Lipinski definition) is 11. The van der Waals surface area contributed by atoms with Crippen molar-refractivity contribution in [3.8, 4) is 11.5 Å². The summed E-state index contributed by atoms with van der Waals surface area (Å²) in [6.45, 7) is -0.582. The van der Waals surface area contributed by atoms with E-state index in [4.69, 9.17) is 42.9 Å². The van der Waals surface area contributed by atoms with Gasteiger partial charge < -0.3 is 35.4 Å². The average molecular weight is 1060 g/mol. The molecule has 4 aromatic rings. The summed E-state index contributed by atoms with van der Waals surface area (Å²) in [5.74, 6) is 0.535. The second-order valence-electron chi connectivity index (χ2n) is 15.8. The summed E-state index contributed by atoms with van der Waals surface area (Å²) in [4.78, 5) is 68.0. The van der Waals surface area contributed by atoms with Crippen LogP contribution in [0.25, 0.3) is 0 Å². The summed E-state index contributed by atoms with van der Waals surface area (Å²) in [6.07, 6.45) is 6.03. The Kier molecular flexibility index (Phi) is 21.5. The molecular weight excluding hydrogens is 998 g/mol. The van der Waals surface area contributed by atoms with Crippen molar-refractivity contribution >= 4 is 102 Å². The molecule has 15 nitrogen and oxygen atoms in total. The average Bonchev–Trinajstić information content (AvgIpc) is 3.80. The standard InChI is InChI=1S/C22H22N2O5.C21H20N2O5.C2H4Cl2.3CH3.H2O.Sn/c25-12-15-9-18-19(10-21(15)29-7-3-5-17(27)13-26)23-11-16-8-14-4-1-2-6-20(14)24(16)22(18)28;24-12-14-9-16-17(10-19(14)28-7-3-6-20(25)26)22-11-15-8-13-4-1-2-5-18(13)23(15)21(16)27;3-1-2-4;;;;;/h1-2,4,6,9-11,16,25-26H,3,5,7-8,12-13H2;1-2,4-5,9-11,15,24H,3,6-8,12H2,(H,25,26);1-2H2;3*1H3;1H2;. The van der Waals surface area contributed by atoms with Gasteiger partial charge in [0.2, 0.25) is 0 Å². The third-order valence-electron chi connectivity index (χ3n) is 10.3. The number of carboxylic acids is 1. The van der Waals surface area contributed by atoms with Gasteiger partial charge in [-0.05, 0) is 48.2 Å². The fraction of sp³-hybridized carbons (Fsp3) is 0.375. The van der Waals surface area contributed by atoms with Gasteiger partial charge in [0.25, 0.3) is 11.8 Å². The van der Waals surface area contributed by atoms with Crippen LogP contribution in [-0.2, 0) is 35.6 Å². The van der Waals surface area contributed by atoms with E-state index in [0.29, 0.717) is 82.6 Å². The van der Waals surface area contributed by atoms with E-state index in [-0.39, 0.29) is 74.4 Å². The van der Waals surface area contributed by atoms with Crippen LogP contribution in [0.3, 0.4) is 0 Å². The SMILES string of the molecule is ClCCCl.O.O=C(CO)CCCOc1cc2c(cc1CO)C(=O)N1c3ccccc3CC1C=N2.O=C(O)CCCOc1cc2c(cc1CO)C(=O)N1c3ccccc3CC1C=N2.[CH3][Sn]([CH3])[CH3]. The zero-order valence-corrected chi connectivity index (χ0v) is 41.6. The van der Waals surface area contributed by atoms with Gasteiger partial charge in [-0.3, -0.25) is 39.0 Å². The Bertz CT molecular complexity index is 2380. The first-order chi connectivity index (χ1) is 31.3. The van der Waals surface area contributed by atoms with Crippen LogP contribution in [0, 0.1) is 0 Å². The van der Waals surface area contributed by atoms with Gasteiger partial charge in [-0.1, -0.05) is 36.4 Å². The zero-order valence-electron chi connectivity index (χ0n) is 37.2. The number of aliphatic imine (C=N–C) groups is 2. The molecule has 1 radical (unpaired) electrons. The van der Waals surface area contributed by atoms with E-state index in [9.17, 15) is 29.4 Å². The Morgan fingerprint density at radius 1 is 0.697 bits per heavy atom. The third kappa shape index (κ3) is 13.8. The van der Waals surface area contributed by atoms with E-state index in [1.165, 1.54) is 0 Å². The number of rotatable bonds is 14. The first-order valence-corrected chi connectivity index (χ1v) is 30.9. The second kappa shape index (κ2) is 26.5. The number of aliphatic carboxylic acids is 1. The molecule has 66 heavy (non-hydrogen) atoms. The predicted octanol–water partition coefficient (Wildman–Crippen LogP) is 6.91. The second-order valence-corrected chi connectivity index (χ2v) is 25.2. The molecule has 4 heterocycles. The Labute approximate surface area is 401 Å². The molecule has 0 aromatic heterocycles. The van der Waals surface area contributed by atoms with Gasteiger partial charge in [-0.15, -0.1) is 23.2 Å². The number of fused-ring (bicyclic) bond motifs is 8. The number of ketones is 1. The first kappa shape index (κ1) is 53.7. The van der Waals surface area contributed by atoms with Gasteiger partial charge in [-0.25, -0.2) is 0 Å². The van der Waals surface area contributed by atoms with Crippen molar-refractivity contribution in [3.63, 3.8) is 0 Å². The van der Waals surface area contributed by atoms with Gasteiger partial charge >= 0.3 is 40.5 Å². The maximum absolute atomic E-state index is 13.3. The van der Waals surface area contributed by atoms with E-state index in [0.717, 1.165) is 22.5 Å². The minimum absolute atomic E-state index is 0. The van der Waals surface area contributed by atoms with E-state index in [1.54, 1.807) is 46.5 Å². The molecule has 4 aliphatic rings. The summed E-state index contributed by atoms with van der Waals surface area (Å²) in [6, 6.07) is 21.9. The number of ether oxygens (including phenoxy) is 2. The van der Waals surface area contributed by atoms with Crippen LogP contribution in [-0.4, -0.2) is 125 Å². The molecule has 4 aromatic carbocycles. The van der Waals surface area contributed by atoms with Crippen LogP contribution >= 0.6 is 23.2 Å². The number of carbonyl (C=O) groups is 4. The van der Waals surface area contributed by atoms with Crippen molar-refractivity contribution in [3.05, 3.63) is 106 Å². The molecule has 8 rings (SSSR count). The fourth-order valence-corrected chi connectivity index (χ4v) is 7.41. The molecule has 4 aliphatic heterocycles. The number of para-hydroxylation sites is 2. The van der Waals surface area contributed by atoms with Crippen LogP contribution in [0.2, 0.25) is 14.8 Å². The minimum atomic E-state index is -0.885. The Hall–Kier alpha value is -4.88. The molecule has 353 valence electrons. The van der Waals surface area contributed by atoms with Crippen molar-refractivity contribution in [2.75, 3.05) is 41.4 Å². The van der Waals surface area contributed by atoms with Gasteiger partial charge in [0, 0.05) is 84.5 Å². The van der Waals surface area contributed by atoms with Gasteiger partial charge in [-0.2, -0.15) is 0 Å². The molecule has 0 saturated heterocycles. The quantitative estimate of drug-likeness (QED) is 0.0580. The topological polar surface area (TPSA) is 230 Å². The number of alkyl halides is 2. The monoisotopic (exact) mass is 1060 g/mol. The first-order valence-electron chi connectivity index (χ1n) is 21.3. The summed E-state index contributed by atoms with van der Waals surface area (Å²) in [5.41, 5.74) is 6.79. The molecular formula is C48H57Cl2N4O11Sn. The molecule has 2 amide bonds. The molecule has 0 saturated carbocycles. The number of hydrogen-bond donors (Lipinski definition) is 4. The number of amides is 2. The van der Waals surface area contributed by atoms with Crippen molar-refractivity contribution in [1.82, 2.24) is 0 Å². The van der Waals surface area contributed by atoms with Crippen LogP contribution in [0.5, 0.6) is 11.5 Å². The number of anilines is 2. The molecule has 18 heteroatoms. The van der Waals surface area contributed by atoms with E-state index in [1.807, 2.05) is 48.5 Å². The van der Waals surface area contributed by atoms with Crippen molar-refractivity contribution in [2.24, 2.45) is 9.98 Å². The normalized spacial score (nSPS) is 15.6. The zero-order chi connectivity index (χ0) is 47.0. The third-order valence-corrected chi connectivity index (χ3v) is 10.9. The summed E-state index contributed by atoms with van der Waals surface area (Å²) in [7, 11) is 0. The van der Waals surface area contributed by atoms with Crippen molar-refractivity contribution in [1.29, 1.82) is 0 Å². The van der Waals surface area contributed by atoms with E-state index in [2.05, 4.69) is 24.8 Å². The number of nitrogens with zero attached hydrogens (tertiary/aromatic N) is 4. The number of halogens is 2. The summed E-state index contributed by atoms with van der Waals surface area (Å²) in [5, 5.41) is 37.0. The Morgan fingerprint density at radius 2 is 1.11 bits per heavy atom. The molecule has 2 unspecified atom stereocenters. The van der Waals surface area contributed by atoms with Gasteiger partial charge in [0.15, 0.2) is 5.78 Å². The van der Waals surface area contributed by atoms with Crippen LogP contribution in [0.1, 0.15) is 68.7 Å². The van der Waals surface area contributed by atoms with E-state index >= 15 is 0 Å². The molecule has 0 fully saturated rings. The predicted molar refractivity (Wildman–Crippen MR) is 260 cm³/mol. The molecule has 0 aliphatic carbocycles. The number of aliphatic hydroxyl groups excluding tert-OH is 3. The van der Waals surface area contributed by atoms with Crippen LogP contribution in [0.4, 0.5) is 22.7 Å². The molecule has 0 spiro atoms.